The molecule has 2 aliphatic rings. The van der Waals surface area contributed by atoms with Crippen molar-refractivity contribution in [3.63, 3.8) is 0 Å². The molecule has 0 heterocycles. The highest BCUT2D eigenvalue weighted by atomic mass is 16.3. The molecule has 0 aliphatic heterocycles. The van der Waals surface area contributed by atoms with E-state index in [-0.39, 0.29) is 0 Å². The fraction of sp³-hybridized carbons (Fsp3) is 0.731. The Kier molecular flexibility index (Phi) is 7.23. The predicted molar refractivity (Wildman–Crippen MR) is 121 cm³/mol. The van der Waals surface area contributed by atoms with Gasteiger partial charge in [0.2, 0.25) is 0 Å². The van der Waals surface area contributed by atoms with Gasteiger partial charge in [-0.15, -0.1) is 0 Å². The zero-order valence-electron chi connectivity index (χ0n) is 18.6. The lowest BCUT2D eigenvalue weighted by molar-refractivity contribution is 0.170. The minimum absolute atomic E-state index is 0.413. The first-order chi connectivity index (χ1) is 13.3. The highest BCUT2D eigenvalue weighted by Crippen LogP contribution is 2.39. The van der Waals surface area contributed by atoms with E-state index in [1.54, 1.807) is 0 Å². The largest absolute Gasteiger partial charge is 0.507 e. The van der Waals surface area contributed by atoms with E-state index in [0.717, 1.165) is 23.0 Å². The van der Waals surface area contributed by atoms with Crippen molar-refractivity contribution in [2.24, 2.45) is 22.2 Å². The second-order valence-electron chi connectivity index (χ2n) is 10.6. The molecule has 1 aromatic rings. The molecule has 156 valence electrons. The highest BCUT2D eigenvalue weighted by Gasteiger charge is 2.29. The summed E-state index contributed by atoms with van der Waals surface area (Å²) in [5, 5.41) is 10.9. The molecule has 2 nitrogen and oxygen atoms in total. The molecule has 1 aromatic carbocycles. The second kappa shape index (κ2) is 9.46. The van der Waals surface area contributed by atoms with Gasteiger partial charge in [-0.05, 0) is 73.3 Å². The Morgan fingerprint density at radius 3 is 2.18 bits per heavy atom. The van der Waals surface area contributed by atoms with Gasteiger partial charge in [-0.3, -0.25) is 4.99 Å². The van der Waals surface area contributed by atoms with Crippen LogP contribution >= 0.6 is 0 Å². The van der Waals surface area contributed by atoms with Gasteiger partial charge in [0.1, 0.15) is 5.75 Å². The lowest BCUT2D eigenvalue weighted by atomic mass is 9.71. The number of aliphatic imine (C=N–C) groups is 1. The van der Waals surface area contributed by atoms with Crippen molar-refractivity contribution in [1.29, 1.82) is 0 Å². The standard InChI is InChI=1S/C26H41NO/c1-19-8-5-10-20(11-6-9-19)24-13-7-12-21(25(24)28)18-27-23-16-14-22(15-17-23)26(2,3)4/h7,12-13,18-20,22-23,28H,5-6,8-11,14-17H2,1-4H3. The topological polar surface area (TPSA) is 32.6 Å². The van der Waals surface area contributed by atoms with E-state index in [1.807, 2.05) is 12.3 Å². The third-order valence-electron chi connectivity index (χ3n) is 7.38. The van der Waals surface area contributed by atoms with Gasteiger partial charge < -0.3 is 5.11 Å². The lowest BCUT2D eigenvalue weighted by Gasteiger charge is -2.35. The van der Waals surface area contributed by atoms with Crippen molar-refractivity contribution in [3.05, 3.63) is 29.3 Å². The van der Waals surface area contributed by atoms with Gasteiger partial charge in [0, 0.05) is 17.8 Å². The molecule has 0 radical (unpaired) electrons. The maximum absolute atomic E-state index is 10.9. The molecule has 0 amide bonds. The number of benzene rings is 1. The Morgan fingerprint density at radius 1 is 0.929 bits per heavy atom. The Labute approximate surface area is 172 Å². The normalized spacial score (nSPS) is 30.1. The summed E-state index contributed by atoms with van der Waals surface area (Å²) in [7, 11) is 0. The summed E-state index contributed by atoms with van der Waals surface area (Å²) >= 11 is 0. The van der Waals surface area contributed by atoms with Crippen molar-refractivity contribution in [2.45, 2.75) is 104 Å². The number of rotatable bonds is 3. The fourth-order valence-corrected chi connectivity index (χ4v) is 5.32. The molecule has 0 saturated heterocycles. The maximum atomic E-state index is 10.9. The summed E-state index contributed by atoms with van der Waals surface area (Å²) in [6.45, 7) is 9.46. The van der Waals surface area contributed by atoms with Crippen molar-refractivity contribution < 1.29 is 5.11 Å². The van der Waals surface area contributed by atoms with E-state index in [0.29, 0.717) is 23.1 Å². The maximum Gasteiger partial charge on any atom is 0.127 e. The SMILES string of the molecule is CC1CCCC(c2cccc(C=NC3CCC(C(C)(C)C)CC3)c2O)CCC1. The second-order valence-corrected chi connectivity index (χ2v) is 10.6. The monoisotopic (exact) mass is 383 g/mol. The van der Waals surface area contributed by atoms with Gasteiger partial charge in [-0.2, -0.15) is 0 Å². The van der Waals surface area contributed by atoms with Gasteiger partial charge in [0.25, 0.3) is 0 Å². The minimum atomic E-state index is 0.413. The van der Waals surface area contributed by atoms with Crippen LogP contribution in [-0.2, 0) is 0 Å². The fourth-order valence-electron chi connectivity index (χ4n) is 5.32. The van der Waals surface area contributed by atoms with Crippen molar-refractivity contribution in [2.75, 3.05) is 0 Å². The summed E-state index contributed by atoms with van der Waals surface area (Å²) in [6.07, 6.45) is 14.5. The summed E-state index contributed by atoms with van der Waals surface area (Å²) in [5.74, 6) is 2.66. The smallest absolute Gasteiger partial charge is 0.127 e. The summed E-state index contributed by atoms with van der Waals surface area (Å²) in [5.41, 5.74) is 2.47. The Bertz CT molecular complexity index is 639. The average Bonchev–Trinajstić information content (AvgIpc) is 2.64. The zero-order chi connectivity index (χ0) is 20.1. The predicted octanol–water partition coefficient (Wildman–Crippen LogP) is 7.49. The molecule has 0 bridgehead atoms. The minimum Gasteiger partial charge on any atom is -0.507 e. The van der Waals surface area contributed by atoms with E-state index in [9.17, 15) is 5.11 Å². The van der Waals surface area contributed by atoms with E-state index in [4.69, 9.17) is 4.99 Å². The molecular weight excluding hydrogens is 342 g/mol. The molecule has 2 fully saturated rings. The van der Waals surface area contributed by atoms with Crippen LogP contribution in [0.2, 0.25) is 0 Å². The first kappa shape index (κ1) is 21.4. The molecule has 0 unspecified atom stereocenters. The molecular formula is C26H41NO. The van der Waals surface area contributed by atoms with E-state index in [1.165, 1.54) is 64.2 Å². The first-order valence-electron chi connectivity index (χ1n) is 11.7. The molecule has 0 spiro atoms. The van der Waals surface area contributed by atoms with Crippen LogP contribution in [0.15, 0.2) is 23.2 Å². The van der Waals surface area contributed by atoms with Crippen molar-refractivity contribution in [3.8, 4) is 5.75 Å². The number of hydrogen-bond acceptors (Lipinski definition) is 2. The van der Waals surface area contributed by atoms with Crippen molar-refractivity contribution >= 4 is 6.21 Å². The van der Waals surface area contributed by atoms with Crippen LogP contribution in [0, 0.1) is 17.3 Å². The third-order valence-corrected chi connectivity index (χ3v) is 7.38. The number of phenols is 1. The zero-order valence-corrected chi connectivity index (χ0v) is 18.6. The molecule has 2 saturated carbocycles. The molecule has 0 atom stereocenters. The molecule has 2 aliphatic carbocycles. The van der Waals surface area contributed by atoms with E-state index >= 15 is 0 Å². The van der Waals surface area contributed by atoms with Crippen LogP contribution in [0.1, 0.15) is 109 Å². The molecule has 1 N–H and O–H groups in total. The Balaban J connectivity index is 1.64. The number of aromatic hydroxyl groups is 1. The van der Waals surface area contributed by atoms with Gasteiger partial charge in [0.15, 0.2) is 0 Å². The molecule has 3 rings (SSSR count). The first-order valence-corrected chi connectivity index (χ1v) is 11.7. The van der Waals surface area contributed by atoms with Gasteiger partial charge in [-0.1, -0.05) is 65.5 Å². The van der Waals surface area contributed by atoms with Gasteiger partial charge >= 0.3 is 0 Å². The lowest BCUT2D eigenvalue weighted by Crippen LogP contribution is -2.27. The Morgan fingerprint density at radius 2 is 1.57 bits per heavy atom. The summed E-state index contributed by atoms with van der Waals surface area (Å²) in [4.78, 5) is 4.88. The number of nitrogens with zero attached hydrogens (tertiary/aromatic N) is 1. The summed E-state index contributed by atoms with van der Waals surface area (Å²) < 4.78 is 0. The van der Waals surface area contributed by atoms with Crippen LogP contribution in [0.25, 0.3) is 0 Å². The third kappa shape index (κ3) is 5.61. The average molecular weight is 384 g/mol. The van der Waals surface area contributed by atoms with Crippen molar-refractivity contribution in [1.82, 2.24) is 0 Å². The van der Waals surface area contributed by atoms with Gasteiger partial charge in [0.05, 0.1) is 0 Å². The van der Waals surface area contributed by atoms with Crippen LogP contribution in [0.5, 0.6) is 5.75 Å². The molecule has 0 aromatic heterocycles. The number of para-hydroxylation sites is 1. The Hall–Kier alpha value is -1.31. The number of phenolic OH excluding ortho intramolecular Hbond substituents is 1. The van der Waals surface area contributed by atoms with E-state index < -0.39 is 0 Å². The van der Waals surface area contributed by atoms with Crippen LogP contribution < -0.4 is 0 Å². The molecule has 28 heavy (non-hydrogen) atoms. The highest BCUT2D eigenvalue weighted by molar-refractivity contribution is 5.84. The number of hydrogen-bond donors (Lipinski definition) is 1. The quantitative estimate of drug-likeness (QED) is 0.539. The van der Waals surface area contributed by atoms with Crippen LogP contribution in [-0.4, -0.2) is 17.4 Å². The molecule has 2 heteroatoms. The van der Waals surface area contributed by atoms with Crippen LogP contribution in [0.4, 0.5) is 0 Å². The summed E-state index contributed by atoms with van der Waals surface area (Å²) in [6, 6.07) is 6.68. The van der Waals surface area contributed by atoms with Crippen LogP contribution in [0.3, 0.4) is 0 Å². The van der Waals surface area contributed by atoms with Gasteiger partial charge in [-0.25, -0.2) is 0 Å². The van der Waals surface area contributed by atoms with E-state index in [2.05, 4.69) is 39.8 Å².